The zero-order chi connectivity index (χ0) is 14.5. The second-order valence-corrected chi connectivity index (χ2v) is 5.58. The third-order valence-electron chi connectivity index (χ3n) is 3.79. The van der Waals surface area contributed by atoms with Gasteiger partial charge in [0.05, 0.1) is 17.6 Å². The number of aliphatic hydroxyl groups is 1. The van der Waals surface area contributed by atoms with E-state index in [0.717, 1.165) is 24.8 Å². The van der Waals surface area contributed by atoms with Crippen LogP contribution < -0.4 is 5.73 Å². The Morgan fingerprint density at radius 3 is 2.70 bits per heavy atom. The lowest BCUT2D eigenvalue weighted by Crippen LogP contribution is -2.49. The molecule has 1 aromatic carbocycles. The van der Waals surface area contributed by atoms with Gasteiger partial charge in [-0.15, -0.1) is 0 Å². The van der Waals surface area contributed by atoms with Crippen LogP contribution in [0.1, 0.15) is 30.7 Å². The molecule has 2 unspecified atom stereocenters. The van der Waals surface area contributed by atoms with Gasteiger partial charge in [0.15, 0.2) is 0 Å². The molecule has 5 heteroatoms. The van der Waals surface area contributed by atoms with Crippen LogP contribution in [0.2, 0.25) is 0 Å². The van der Waals surface area contributed by atoms with Crippen LogP contribution in [0.5, 0.6) is 0 Å². The molecule has 1 aromatic rings. The molecule has 20 heavy (non-hydrogen) atoms. The Labute approximate surface area is 124 Å². The zero-order valence-electron chi connectivity index (χ0n) is 11.4. The maximum absolute atomic E-state index is 12.8. The maximum atomic E-state index is 12.8. The molecule has 0 saturated carbocycles. The number of likely N-dealkylation sites (tertiary alicyclic amines) is 1. The summed E-state index contributed by atoms with van der Waals surface area (Å²) in [6.07, 6.45) is 2.83. The Morgan fingerprint density at radius 1 is 1.40 bits per heavy atom. The van der Waals surface area contributed by atoms with Crippen molar-refractivity contribution in [2.75, 3.05) is 13.2 Å². The molecule has 4 nitrogen and oxygen atoms in total. The van der Waals surface area contributed by atoms with E-state index in [1.165, 1.54) is 0 Å². The minimum atomic E-state index is -0.599. The average Bonchev–Trinajstić information content (AvgIpc) is 2.48. The Morgan fingerprint density at radius 2 is 2.10 bits per heavy atom. The van der Waals surface area contributed by atoms with Crippen molar-refractivity contribution in [3.8, 4) is 0 Å². The molecular formula is C15H20N2O2S. The highest BCUT2D eigenvalue weighted by atomic mass is 32.1. The number of hydrogen-bond acceptors (Lipinski definition) is 3. The van der Waals surface area contributed by atoms with Gasteiger partial charge < -0.3 is 15.7 Å². The molecule has 3 N–H and O–H groups in total. The number of carbonyl (C=O) groups is 1. The fraction of sp³-hybridized carbons (Fsp3) is 0.467. The number of nitrogens with two attached hydrogens (primary N) is 1. The van der Waals surface area contributed by atoms with Crippen LogP contribution in [-0.2, 0) is 4.79 Å². The molecule has 1 aliphatic heterocycles. The Bertz CT molecular complexity index is 478. The molecule has 108 valence electrons. The van der Waals surface area contributed by atoms with Gasteiger partial charge in [-0.2, -0.15) is 0 Å². The van der Waals surface area contributed by atoms with E-state index in [-0.39, 0.29) is 23.5 Å². The standard InChI is InChI=1S/C15H20N2O2S/c16-14(20)13(11-6-2-1-3-7-11)15(19)17-9-5-4-8-12(17)10-18/h1-3,6-7,12-13,18H,4-5,8-10H2,(H2,16,20). The minimum Gasteiger partial charge on any atom is -0.394 e. The highest BCUT2D eigenvalue weighted by Crippen LogP contribution is 2.24. The summed E-state index contributed by atoms with van der Waals surface area (Å²) in [7, 11) is 0. The van der Waals surface area contributed by atoms with Crippen LogP contribution in [-0.4, -0.2) is 40.1 Å². The molecule has 1 saturated heterocycles. The summed E-state index contributed by atoms with van der Waals surface area (Å²) >= 11 is 5.09. The third-order valence-corrected chi connectivity index (χ3v) is 4.02. The number of nitrogens with zero attached hydrogens (tertiary/aromatic N) is 1. The van der Waals surface area contributed by atoms with Crippen LogP contribution in [0.3, 0.4) is 0 Å². The molecule has 1 amide bonds. The Balaban J connectivity index is 2.25. The molecule has 2 rings (SSSR count). The van der Waals surface area contributed by atoms with Crippen LogP contribution in [0.25, 0.3) is 0 Å². The largest absolute Gasteiger partial charge is 0.394 e. The molecule has 1 fully saturated rings. The van der Waals surface area contributed by atoms with Crippen LogP contribution in [0, 0.1) is 0 Å². The summed E-state index contributed by atoms with van der Waals surface area (Å²) in [5.41, 5.74) is 6.60. The van der Waals surface area contributed by atoms with Gasteiger partial charge in [-0.1, -0.05) is 42.5 Å². The summed E-state index contributed by atoms with van der Waals surface area (Å²) < 4.78 is 0. The van der Waals surface area contributed by atoms with E-state index in [9.17, 15) is 9.90 Å². The number of benzene rings is 1. The molecule has 0 aliphatic carbocycles. The van der Waals surface area contributed by atoms with Crippen LogP contribution in [0.15, 0.2) is 30.3 Å². The minimum absolute atomic E-state index is 0.00934. The lowest BCUT2D eigenvalue weighted by Gasteiger charge is -2.36. The monoisotopic (exact) mass is 292 g/mol. The van der Waals surface area contributed by atoms with Gasteiger partial charge in [0.25, 0.3) is 0 Å². The first kappa shape index (κ1) is 14.9. The second kappa shape index (κ2) is 6.81. The van der Waals surface area contributed by atoms with E-state index in [1.807, 2.05) is 30.3 Å². The summed E-state index contributed by atoms with van der Waals surface area (Å²) in [4.78, 5) is 14.7. The first-order chi connectivity index (χ1) is 9.65. The normalized spacial score (nSPS) is 20.4. The fourth-order valence-corrected chi connectivity index (χ4v) is 2.96. The molecule has 2 atom stereocenters. The molecule has 0 aromatic heterocycles. The van der Waals surface area contributed by atoms with Crippen molar-refractivity contribution in [1.29, 1.82) is 0 Å². The summed E-state index contributed by atoms with van der Waals surface area (Å²) in [6, 6.07) is 9.24. The average molecular weight is 292 g/mol. The third kappa shape index (κ3) is 3.16. The highest BCUT2D eigenvalue weighted by Gasteiger charge is 2.33. The number of amides is 1. The predicted octanol–water partition coefficient (Wildman–Crippen LogP) is 1.43. The molecule has 0 radical (unpaired) electrons. The van der Waals surface area contributed by atoms with Gasteiger partial charge in [0, 0.05) is 6.54 Å². The first-order valence-corrected chi connectivity index (χ1v) is 7.31. The van der Waals surface area contributed by atoms with Gasteiger partial charge in [0.2, 0.25) is 5.91 Å². The van der Waals surface area contributed by atoms with Gasteiger partial charge >= 0.3 is 0 Å². The van der Waals surface area contributed by atoms with Crippen molar-refractivity contribution in [1.82, 2.24) is 4.90 Å². The van der Waals surface area contributed by atoms with Gasteiger partial charge in [0.1, 0.15) is 5.92 Å². The van der Waals surface area contributed by atoms with E-state index in [1.54, 1.807) is 4.90 Å². The van der Waals surface area contributed by atoms with Crippen molar-refractivity contribution in [2.24, 2.45) is 5.73 Å². The Kier molecular flexibility index (Phi) is 5.09. The number of hydrogen-bond donors (Lipinski definition) is 2. The topological polar surface area (TPSA) is 66.6 Å². The first-order valence-electron chi connectivity index (χ1n) is 6.90. The molecule has 0 spiro atoms. The van der Waals surface area contributed by atoms with Crippen LogP contribution >= 0.6 is 12.2 Å². The van der Waals surface area contributed by atoms with Gasteiger partial charge in [-0.25, -0.2) is 0 Å². The van der Waals surface area contributed by atoms with Gasteiger partial charge in [-0.3, -0.25) is 4.79 Å². The van der Waals surface area contributed by atoms with Crippen LogP contribution in [0.4, 0.5) is 0 Å². The summed E-state index contributed by atoms with van der Waals surface area (Å²) in [5.74, 6) is -0.694. The number of thiocarbonyl (C=S) groups is 1. The van der Waals surface area contributed by atoms with Crippen molar-refractivity contribution in [3.63, 3.8) is 0 Å². The summed E-state index contributed by atoms with van der Waals surface area (Å²) in [6.45, 7) is 0.653. The van der Waals surface area contributed by atoms with E-state index < -0.39 is 5.92 Å². The van der Waals surface area contributed by atoms with Crippen molar-refractivity contribution in [3.05, 3.63) is 35.9 Å². The van der Waals surface area contributed by atoms with E-state index in [2.05, 4.69) is 0 Å². The number of rotatable bonds is 4. The SMILES string of the molecule is NC(=S)C(C(=O)N1CCCCC1CO)c1ccccc1. The predicted molar refractivity (Wildman–Crippen MR) is 82.4 cm³/mol. The molecule has 1 aliphatic rings. The van der Waals surface area contributed by atoms with E-state index in [0.29, 0.717) is 6.54 Å². The quantitative estimate of drug-likeness (QED) is 0.824. The van der Waals surface area contributed by atoms with E-state index >= 15 is 0 Å². The van der Waals surface area contributed by atoms with Crippen molar-refractivity contribution in [2.45, 2.75) is 31.2 Å². The Hall–Kier alpha value is -1.46. The molecule has 1 heterocycles. The van der Waals surface area contributed by atoms with Gasteiger partial charge in [-0.05, 0) is 24.8 Å². The number of carbonyl (C=O) groups excluding carboxylic acids is 1. The number of piperidine rings is 1. The second-order valence-electron chi connectivity index (χ2n) is 5.11. The number of aliphatic hydroxyl groups excluding tert-OH is 1. The molecule has 0 bridgehead atoms. The molecular weight excluding hydrogens is 272 g/mol. The van der Waals surface area contributed by atoms with Crippen molar-refractivity contribution < 1.29 is 9.90 Å². The fourth-order valence-electron chi connectivity index (χ4n) is 2.72. The highest BCUT2D eigenvalue weighted by molar-refractivity contribution is 7.80. The lowest BCUT2D eigenvalue weighted by atomic mass is 9.94. The van der Waals surface area contributed by atoms with Crippen molar-refractivity contribution >= 4 is 23.1 Å². The smallest absolute Gasteiger partial charge is 0.237 e. The summed E-state index contributed by atoms with van der Waals surface area (Å²) in [5, 5.41) is 9.44. The lowest BCUT2D eigenvalue weighted by molar-refractivity contribution is -0.135. The maximum Gasteiger partial charge on any atom is 0.237 e. The van der Waals surface area contributed by atoms with E-state index in [4.69, 9.17) is 18.0 Å². The zero-order valence-corrected chi connectivity index (χ0v) is 12.2.